The van der Waals surface area contributed by atoms with Crippen LogP contribution in [0.25, 0.3) is 10.9 Å². The number of rotatable bonds is 3. The maximum atomic E-state index is 11.7. The maximum absolute atomic E-state index is 11.7. The smallest absolute Gasteiger partial charge is 0.269 e. The number of H-pyrrole nitrogens is 1. The summed E-state index contributed by atoms with van der Waals surface area (Å²) >= 11 is 0. The topological polar surface area (TPSA) is 80.6 Å². The molecule has 3 heterocycles. The van der Waals surface area contributed by atoms with Crippen LogP contribution in [0.4, 0.5) is 5.69 Å². The Kier molecular flexibility index (Phi) is 4.92. The molecule has 0 bridgehead atoms. The van der Waals surface area contributed by atoms with Gasteiger partial charge in [-0.1, -0.05) is 24.6 Å². The largest absolute Gasteiger partial charge is 0.472 e. The second-order valence-corrected chi connectivity index (χ2v) is 9.56. The Morgan fingerprint density at radius 2 is 1.97 bits per heavy atom. The number of nitro groups is 1. The van der Waals surface area contributed by atoms with Crippen LogP contribution >= 0.6 is 0 Å². The lowest BCUT2D eigenvalue weighted by Gasteiger charge is -2.56. The van der Waals surface area contributed by atoms with Crippen molar-refractivity contribution in [2.45, 2.75) is 44.2 Å². The van der Waals surface area contributed by atoms with Gasteiger partial charge in [-0.25, -0.2) is 0 Å². The van der Waals surface area contributed by atoms with Crippen molar-refractivity contribution in [2.24, 2.45) is 5.92 Å². The Bertz CT molecular complexity index is 1220. The van der Waals surface area contributed by atoms with E-state index < -0.39 is 5.72 Å². The summed E-state index contributed by atoms with van der Waals surface area (Å²) in [6, 6.07) is 13.5. The summed E-state index contributed by atoms with van der Waals surface area (Å²) in [5.74, 6) is 1.00. The molecule has 1 aromatic heterocycles. The number of aryl methyl sites for hydroxylation is 1. The van der Waals surface area contributed by atoms with Crippen molar-refractivity contribution in [2.75, 3.05) is 26.3 Å². The summed E-state index contributed by atoms with van der Waals surface area (Å²) in [4.78, 5) is 17.4. The standard InChI is InChI=1S/C26H29N3O4/c1-17-24(19-6-2-3-8-22(19)27-17)25-20-16-18(29(30)31)9-10-23(20)33-26(11-5-4-7-21(25)26)28-12-14-32-15-13-28/h2-3,6,8-10,16,21,25,27H,4-5,7,11-15H2,1H3/t21-,25+,26-/m0/s1. The van der Waals surface area contributed by atoms with E-state index in [9.17, 15) is 10.1 Å². The molecule has 0 radical (unpaired) electrons. The highest BCUT2D eigenvalue weighted by atomic mass is 16.6. The van der Waals surface area contributed by atoms with E-state index in [1.807, 2.05) is 12.1 Å². The summed E-state index contributed by atoms with van der Waals surface area (Å²) in [5, 5.41) is 12.9. The maximum Gasteiger partial charge on any atom is 0.269 e. The number of ether oxygens (including phenoxy) is 2. The van der Waals surface area contributed by atoms with Gasteiger partial charge in [0.2, 0.25) is 0 Å². The molecule has 172 valence electrons. The van der Waals surface area contributed by atoms with Crippen LogP contribution in [0.1, 0.15) is 48.4 Å². The number of nitro benzene ring substituents is 1. The third-order valence-electron chi connectivity index (χ3n) is 7.91. The number of nitrogens with one attached hydrogen (secondary N) is 1. The van der Waals surface area contributed by atoms with Gasteiger partial charge in [-0.2, -0.15) is 0 Å². The molecule has 7 heteroatoms. The number of fused-ring (bicyclic) bond motifs is 3. The van der Waals surface area contributed by atoms with Crippen LogP contribution in [0.5, 0.6) is 5.75 Å². The fourth-order valence-electron chi connectivity index (χ4n) is 6.55. The lowest BCUT2D eigenvalue weighted by atomic mass is 9.66. The van der Waals surface area contributed by atoms with Crippen molar-refractivity contribution >= 4 is 16.6 Å². The molecule has 0 amide bonds. The normalized spacial score (nSPS) is 27.5. The first-order chi connectivity index (χ1) is 16.1. The summed E-state index contributed by atoms with van der Waals surface area (Å²) in [5.41, 5.74) is 4.13. The molecule has 7 nitrogen and oxygen atoms in total. The van der Waals surface area contributed by atoms with Gasteiger partial charge >= 0.3 is 0 Å². The molecule has 0 unspecified atom stereocenters. The molecule has 2 aliphatic heterocycles. The fourth-order valence-corrected chi connectivity index (χ4v) is 6.55. The summed E-state index contributed by atoms with van der Waals surface area (Å²) in [7, 11) is 0. The van der Waals surface area contributed by atoms with Gasteiger partial charge in [-0.3, -0.25) is 15.0 Å². The Balaban J connectivity index is 1.60. The highest BCUT2D eigenvalue weighted by Gasteiger charge is 2.55. The number of morpholine rings is 1. The van der Waals surface area contributed by atoms with Gasteiger partial charge in [-0.15, -0.1) is 0 Å². The zero-order chi connectivity index (χ0) is 22.6. The highest BCUT2D eigenvalue weighted by Crippen LogP contribution is 2.57. The van der Waals surface area contributed by atoms with E-state index in [2.05, 4.69) is 35.0 Å². The summed E-state index contributed by atoms with van der Waals surface area (Å²) < 4.78 is 12.6. The number of para-hydroxylation sites is 1. The van der Waals surface area contributed by atoms with E-state index in [0.717, 1.165) is 61.3 Å². The molecule has 2 aromatic carbocycles. The average Bonchev–Trinajstić information content (AvgIpc) is 3.18. The lowest BCUT2D eigenvalue weighted by molar-refractivity contribution is -0.385. The first-order valence-corrected chi connectivity index (χ1v) is 12.0. The van der Waals surface area contributed by atoms with Crippen molar-refractivity contribution in [3.63, 3.8) is 0 Å². The van der Waals surface area contributed by atoms with Gasteiger partial charge in [0, 0.05) is 65.6 Å². The second kappa shape index (κ2) is 7.85. The quantitative estimate of drug-likeness (QED) is 0.445. The minimum absolute atomic E-state index is 0.0212. The van der Waals surface area contributed by atoms with E-state index >= 15 is 0 Å². The zero-order valence-corrected chi connectivity index (χ0v) is 18.9. The Hall–Kier alpha value is -2.90. The molecule has 1 aliphatic carbocycles. The van der Waals surface area contributed by atoms with Crippen LogP contribution in [0.15, 0.2) is 42.5 Å². The van der Waals surface area contributed by atoms with Gasteiger partial charge in [-0.05, 0) is 37.5 Å². The van der Waals surface area contributed by atoms with Gasteiger partial charge in [0.1, 0.15) is 5.75 Å². The summed E-state index contributed by atoms with van der Waals surface area (Å²) in [6.45, 7) is 5.24. The number of benzene rings is 2. The molecule has 6 rings (SSSR count). The molecule has 3 aromatic rings. The summed E-state index contributed by atoms with van der Waals surface area (Å²) in [6.07, 6.45) is 4.26. The SMILES string of the molecule is Cc1[nH]c2ccccc2c1[C@@H]1c2cc([N+](=O)[O-])ccc2O[C@@]2(N3CCOCC3)CCCC[C@@H]12. The fraction of sp³-hybridized carbons (Fsp3) is 0.462. The van der Waals surface area contributed by atoms with Crippen molar-refractivity contribution in [1.82, 2.24) is 9.88 Å². The zero-order valence-electron chi connectivity index (χ0n) is 18.9. The first-order valence-electron chi connectivity index (χ1n) is 12.0. The van der Waals surface area contributed by atoms with Gasteiger partial charge < -0.3 is 14.5 Å². The Morgan fingerprint density at radius 3 is 2.79 bits per heavy atom. The Labute approximate surface area is 192 Å². The predicted octanol–water partition coefficient (Wildman–Crippen LogP) is 5.13. The van der Waals surface area contributed by atoms with Crippen molar-refractivity contribution in [3.05, 3.63) is 69.4 Å². The van der Waals surface area contributed by atoms with Gasteiger partial charge in [0.05, 0.1) is 18.1 Å². The number of nitrogens with zero attached hydrogens (tertiary/aromatic N) is 2. The number of aromatic amines is 1. The predicted molar refractivity (Wildman–Crippen MR) is 126 cm³/mol. The van der Waals surface area contributed by atoms with Crippen LogP contribution < -0.4 is 4.74 Å². The third-order valence-corrected chi connectivity index (χ3v) is 7.91. The van der Waals surface area contributed by atoms with E-state index in [1.54, 1.807) is 12.1 Å². The molecule has 33 heavy (non-hydrogen) atoms. The van der Waals surface area contributed by atoms with E-state index in [-0.39, 0.29) is 22.4 Å². The van der Waals surface area contributed by atoms with E-state index in [0.29, 0.717) is 13.2 Å². The van der Waals surface area contributed by atoms with Crippen LogP contribution in [0, 0.1) is 23.0 Å². The van der Waals surface area contributed by atoms with Crippen LogP contribution in [0.3, 0.4) is 0 Å². The van der Waals surface area contributed by atoms with Crippen molar-refractivity contribution < 1.29 is 14.4 Å². The Morgan fingerprint density at radius 1 is 1.15 bits per heavy atom. The van der Waals surface area contributed by atoms with Crippen LogP contribution in [0.2, 0.25) is 0 Å². The van der Waals surface area contributed by atoms with E-state index in [4.69, 9.17) is 9.47 Å². The van der Waals surface area contributed by atoms with Crippen molar-refractivity contribution in [1.29, 1.82) is 0 Å². The first kappa shape index (κ1) is 20.7. The molecule has 1 N–H and O–H groups in total. The molecule has 2 fully saturated rings. The lowest BCUT2D eigenvalue weighted by Crippen LogP contribution is -2.64. The number of non-ortho nitro benzene ring substituents is 1. The minimum Gasteiger partial charge on any atom is -0.472 e. The minimum atomic E-state index is -0.416. The van der Waals surface area contributed by atoms with Gasteiger partial charge in [0.15, 0.2) is 5.72 Å². The molecule has 1 saturated carbocycles. The molecule has 0 spiro atoms. The molecule has 3 aliphatic rings. The second-order valence-electron chi connectivity index (χ2n) is 9.56. The molecule has 1 saturated heterocycles. The third kappa shape index (κ3) is 3.17. The van der Waals surface area contributed by atoms with Crippen LogP contribution in [-0.4, -0.2) is 46.8 Å². The van der Waals surface area contributed by atoms with Crippen LogP contribution in [-0.2, 0) is 4.74 Å². The van der Waals surface area contributed by atoms with Crippen molar-refractivity contribution in [3.8, 4) is 5.75 Å². The molecule has 3 atom stereocenters. The average molecular weight is 448 g/mol. The monoisotopic (exact) mass is 447 g/mol. The van der Waals surface area contributed by atoms with E-state index in [1.165, 1.54) is 10.9 Å². The molecular weight excluding hydrogens is 418 g/mol. The number of aromatic nitrogens is 1. The van der Waals surface area contributed by atoms with Gasteiger partial charge in [0.25, 0.3) is 5.69 Å². The number of hydrogen-bond donors (Lipinski definition) is 1. The molecular formula is C26H29N3O4. The number of hydrogen-bond acceptors (Lipinski definition) is 5. The highest BCUT2D eigenvalue weighted by molar-refractivity contribution is 5.86.